The number of carbonyl (C=O) groups excluding carboxylic acids is 1. The summed E-state index contributed by atoms with van der Waals surface area (Å²) in [6.45, 7) is 1.54. The number of Topliss-reactive ketones (excluding diaryl/α,β-unsaturated/α-hetero) is 1. The molecule has 0 amide bonds. The van der Waals surface area contributed by atoms with Crippen molar-refractivity contribution in [2.24, 2.45) is 0 Å². The van der Waals surface area contributed by atoms with Crippen LogP contribution < -0.4 is 0 Å². The fraction of sp³-hybridized carbons (Fsp3) is 0.0714. The average Bonchev–Trinajstić information content (AvgIpc) is 2.79. The number of aromatic nitrogens is 3. The Morgan fingerprint density at radius 3 is 2.74 bits per heavy atom. The molecule has 0 unspecified atom stereocenters. The number of hydrogen-bond acceptors (Lipinski definition) is 3. The summed E-state index contributed by atoms with van der Waals surface area (Å²) in [5, 5.41) is 8.22. The van der Waals surface area contributed by atoms with Gasteiger partial charge < -0.3 is 4.40 Å². The molecule has 0 radical (unpaired) electrons. The Labute approximate surface area is 114 Å². The zero-order valence-corrected chi connectivity index (χ0v) is 10.9. The third kappa shape index (κ3) is 2.00. The minimum atomic E-state index is -0.00421. The van der Waals surface area contributed by atoms with Crippen molar-refractivity contribution in [2.45, 2.75) is 6.92 Å². The molecule has 0 N–H and O–H groups in total. The topological polar surface area (TPSA) is 47.3 Å². The first-order valence-electron chi connectivity index (χ1n) is 5.77. The molecule has 0 aliphatic rings. The van der Waals surface area contributed by atoms with E-state index >= 15 is 0 Å². The van der Waals surface area contributed by atoms with E-state index in [2.05, 4.69) is 10.2 Å². The molecule has 3 rings (SSSR count). The van der Waals surface area contributed by atoms with E-state index < -0.39 is 0 Å². The summed E-state index contributed by atoms with van der Waals surface area (Å²) in [5.74, 6) is -0.00421. The van der Waals surface area contributed by atoms with E-state index in [1.54, 1.807) is 19.1 Å². The van der Waals surface area contributed by atoms with Gasteiger partial charge in [0.05, 0.1) is 5.69 Å². The van der Waals surface area contributed by atoms with E-state index in [4.69, 9.17) is 11.6 Å². The van der Waals surface area contributed by atoms with Gasteiger partial charge in [-0.05, 0) is 37.3 Å². The minimum absolute atomic E-state index is 0.00421. The number of fused-ring (bicyclic) bond motifs is 1. The zero-order valence-electron chi connectivity index (χ0n) is 10.2. The molecule has 4 nitrogen and oxygen atoms in total. The molecule has 19 heavy (non-hydrogen) atoms. The van der Waals surface area contributed by atoms with E-state index in [-0.39, 0.29) is 5.78 Å². The van der Waals surface area contributed by atoms with Gasteiger partial charge in [-0.15, -0.1) is 10.2 Å². The molecule has 3 aromatic heterocycles. The van der Waals surface area contributed by atoms with Gasteiger partial charge in [-0.1, -0.05) is 17.7 Å². The van der Waals surface area contributed by atoms with E-state index in [0.29, 0.717) is 16.4 Å². The third-order valence-electron chi connectivity index (χ3n) is 2.93. The highest BCUT2D eigenvalue weighted by Crippen LogP contribution is 2.26. The summed E-state index contributed by atoms with van der Waals surface area (Å²) < 4.78 is 1.93. The number of halogens is 1. The lowest BCUT2D eigenvalue weighted by molar-refractivity contribution is 0.101. The second-order valence-corrected chi connectivity index (χ2v) is 4.59. The van der Waals surface area contributed by atoms with Crippen LogP contribution >= 0.6 is 11.6 Å². The molecule has 3 aromatic rings. The van der Waals surface area contributed by atoms with Gasteiger partial charge in [0.25, 0.3) is 0 Å². The lowest BCUT2D eigenvalue weighted by Crippen LogP contribution is -1.98. The van der Waals surface area contributed by atoms with Crippen LogP contribution in [0.4, 0.5) is 0 Å². The first kappa shape index (κ1) is 11.9. The highest BCUT2D eigenvalue weighted by atomic mass is 35.5. The van der Waals surface area contributed by atoms with E-state index in [9.17, 15) is 4.79 Å². The van der Waals surface area contributed by atoms with Crippen LogP contribution in [-0.4, -0.2) is 20.4 Å². The molecule has 0 spiro atoms. The number of pyridine rings is 1. The summed E-state index contributed by atoms with van der Waals surface area (Å²) in [5.41, 5.74) is 2.94. The van der Waals surface area contributed by atoms with Gasteiger partial charge in [0.2, 0.25) is 0 Å². The molecule has 0 aliphatic carbocycles. The average molecular weight is 272 g/mol. The molecule has 5 heteroatoms. The van der Waals surface area contributed by atoms with Crippen LogP contribution in [0.3, 0.4) is 0 Å². The standard InChI is InChI=1S/C14H10ClN3O/c1-9(19)11-8-10-4-2-3-7-18(10)14(11)12-5-6-13(15)17-16-12/h2-8H,1H3. The Kier molecular flexibility index (Phi) is 2.80. The largest absolute Gasteiger partial charge is 0.314 e. The molecule has 0 fully saturated rings. The van der Waals surface area contributed by atoms with Crippen molar-refractivity contribution in [3.05, 3.63) is 53.3 Å². The maximum atomic E-state index is 11.8. The van der Waals surface area contributed by atoms with Crippen molar-refractivity contribution < 1.29 is 4.79 Å². The summed E-state index contributed by atoms with van der Waals surface area (Å²) in [4.78, 5) is 11.8. The van der Waals surface area contributed by atoms with Crippen molar-refractivity contribution in [2.75, 3.05) is 0 Å². The number of carbonyl (C=O) groups is 1. The van der Waals surface area contributed by atoms with E-state index in [0.717, 1.165) is 11.2 Å². The highest BCUT2D eigenvalue weighted by molar-refractivity contribution is 6.29. The summed E-state index contributed by atoms with van der Waals surface area (Å²) >= 11 is 5.75. The number of rotatable bonds is 2. The summed E-state index contributed by atoms with van der Waals surface area (Å²) in [6.07, 6.45) is 1.90. The van der Waals surface area contributed by atoms with Crippen LogP contribution in [0.1, 0.15) is 17.3 Å². The normalized spacial score (nSPS) is 10.8. The molecule has 0 saturated carbocycles. The van der Waals surface area contributed by atoms with Gasteiger partial charge in [-0.3, -0.25) is 4.79 Å². The molecule has 3 heterocycles. The van der Waals surface area contributed by atoms with Crippen LogP contribution in [-0.2, 0) is 0 Å². The maximum Gasteiger partial charge on any atom is 0.162 e. The quantitative estimate of drug-likeness (QED) is 0.672. The highest BCUT2D eigenvalue weighted by Gasteiger charge is 2.16. The monoisotopic (exact) mass is 271 g/mol. The number of ketones is 1. The molecule has 94 valence electrons. The Bertz CT molecular complexity index is 762. The number of nitrogens with zero attached hydrogens (tertiary/aromatic N) is 3. The van der Waals surface area contributed by atoms with Gasteiger partial charge in [0.1, 0.15) is 5.69 Å². The first-order chi connectivity index (χ1) is 9.16. The van der Waals surface area contributed by atoms with E-state index in [1.807, 2.05) is 34.9 Å². The molecular formula is C14H10ClN3O. The molecule has 0 saturated heterocycles. The maximum absolute atomic E-state index is 11.8. The van der Waals surface area contributed by atoms with Crippen molar-refractivity contribution >= 4 is 22.9 Å². The minimum Gasteiger partial charge on any atom is -0.314 e. The van der Waals surface area contributed by atoms with Crippen molar-refractivity contribution in [3.63, 3.8) is 0 Å². The van der Waals surface area contributed by atoms with Gasteiger partial charge in [0, 0.05) is 17.3 Å². The third-order valence-corrected chi connectivity index (χ3v) is 3.14. The molecule has 0 atom stereocenters. The van der Waals surface area contributed by atoms with Crippen molar-refractivity contribution in [1.29, 1.82) is 0 Å². The van der Waals surface area contributed by atoms with Crippen molar-refractivity contribution in [1.82, 2.24) is 14.6 Å². The number of hydrogen-bond donors (Lipinski definition) is 0. The lowest BCUT2D eigenvalue weighted by Gasteiger charge is -2.03. The lowest BCUT2D eigenvalue weighted by atomic mass is 10.1. The van der Waals surface area contributed by atoms with Crippen LogP contribution in [0.5, 0.6) is 0 Å². The van der Waals surface area contributed by atoms with Crippen LogP contribution in [0.2, 0.25) is 5.15 Å². The Morgan fingerprint density at radius 2 is 2.05 bits per heavy atom. The van der Waals surface area contributed by atoms with Gasteiger partial charge >= 0.3 is 0 Å². The van der Waals surface area contributed by atoms with Crippen molar-refractivity contribution in [3.8, 4) is 11.4 Å². The predicted molar refractivity (Wildman–Crippen MR) is 73.4 cm³/mol. The summed E-state index contributed by atoms with van der Waals surface area (Å²) in [7, 11) is 0. The fourth-order valence-electron chi connectivity index (χ4n) is 2.10. The summed E-state index contributed by atoms with van der Waals surface area (Å²) in [6, 6.07) is 11.1. The van der Waals surface area contributed by atoms with Crippen LogP contribution in [0, 0.1) is 0 Å². The predicted octanol–water partition coefficient (Wildman–Crippen LogP) is 3.25. The van der Waals surface area contributed by atoms with Crippen LogP contribution in [0.15, 0.2) is 42.6 Å². The molecule has 0 aliphatic heterocycles. The Morgan fingerprint density at radius 1 is 1.21 bits per heavy atom. The van der Waals surface area contributed by atoms with Gasteiger partial charge in [0.15, 0.2) is 10.9 Å². The molecule has 0 aromatic carbocycles. The smallest absolute Gasteiger partial charge is 0.162 e. The van der Waals surface area contributed by atoms with E-state index in [1.165, 1.54) is 0 Å². The second-order valence-electron chi connectivity index (χ2n) is 4.20. The molecular weight excluding hydrogens is 262 g/mol. The fourth-order valence-corrected chi connectivity index (χ4v) is 2.20. The molecule has 0 bridgehead atoms. The first-order valence-corrected chi connectivity index (χ1v) is 6.15. The van der Waals surface area contributed by atoms with Gasteiger partial charge in [-0.2, -0.15) is 0 Å². The Balaban J connectivity index is 2.34. The SMILES string of the molecule is CC(=O)c1cc2ccccn2c1-c1ccc(Cl)nn1. The zero-order chi connectivity index (χ0) is 13.4. The second kappa shape index (κ2) is 4.48. The Hall–Kier alpha value is -2.20. The van der Waals surface area contributed by atoms with Gasteiger partial charge in [-0.25, -0.2) is 0 Å². The van der Waals surface area contributed by atoms with Crippen LogP contribution in [0.25, 0.3) is 16.9 Å².